The van der Waals surface area contributed by atoms with Crippen molar-refractivity contribution in [3.63, 3.8) is 0 Å². The minimum absolute atomic E-state index is 0.128. The molecule has 0 spiro atoms. The molecule has 1 fully saturated rings. The number of halogens is 2. The summed E-state index contributed by atoms with van der Waals surface area (Å²) < 4.78 is 28.3. The third kappa shape index (κ3) is 3.42. The van der Waals surface area contributed by atoms with Crippen molar-refractivity contribution >= 4 is 16.8 Å². The molecule has 3 aromatic rings. The Hall–Kier alpha value is -3.02. The van der Waals surface area contributed by atoms with Gasteiger partial charge in [0.15, 0.2) is 0 Å². The number of hydrogen-bond donors (Lipinski definition) is 0. The molecule has 0 radical (unpaired) electrons. The third-order valence-electron chi connectivity index (χ3n) is 5.40. The van der Waals surface area contributed by atoms with Crippen LogP contribution in [0.1, 0.15) is 22.3 Å². The molecule has 1 saturated heterocycles. The molecule has 1 aliphatic rings. The van der Waals surface area contributed by atoms with Crippen molar-refractivity contribution in [1.82, 2.24) is 9.47 Å². The second-order valence-corrected chi connectivity index (χ2v) is 7.36. The smallest absolute Gasteiger partial charge is 0.254 e. The fourth-order valence-electron chi connectivity index (χ4n) is 4.00. The van der Waals surface area contributed by atoms with Gasteiger partial charge in [0.1, 0.15) is 11.6 Å². The third-order valence-corrected chi connectivity index (χ3v) is 5.40. The maximum absolute atomic E-state index is 13.4. The second kappa shape index (κ2) is 7.19. The summed E-state index contributed by atoms with van der Waals surface area (Å²) in [6, 6.07) is 12.2. The molecule has 2 aromatic carbocycles. The molecule has 0 saturated carbocycles. The van der Waals surface area contributed by atoms with E-state index < -0.39 is 11.6 Å². The Labute approximate surface area is 161 Å². The van der Waals surface area contributed by atoms with Crippen LogP contribution in [-0.2, 0) is 13.5 Å². The first-order chi connectivity index (χ1) is 13.4. The lowest BCUT2D eigenvalue weighted by atomic mass is 9.98. The summed E-state index contributed by atoms with van der Waals surface area (Å²) in [6.45, 7) is 1.06. The first-order valence-corrected chi connectivity index (χ1v) is 9.25. The molecule has 2 heterocycles. The number of pyridine rings is 1. The number of hydrogen-bond acceptors (Lipinski definition) is 2. The van der Waals surface area contributed by atoms with Crippen LogP contribution in [0.25, 0.3) is 10.9 Å². The van der Waals surface area contributed by atoms with Crippen LogP contribution in [0.3, 0.4) is 0 Å². The maximum Gasteiger partial charge on any atom is 0.254 e. The highest BCUT2D eigenvalue weighted by atomic mass is 19.1. The van der Waals surface area contributed by atoms with Gasteiger partial charge in [0.25, 0.3) is 11.5 Å². The molecule has 1 amide bonds. The number of fused-ring (bicyclic) bond motifs is 1. The van der Waals surface area contributed by atoms with E-state index in [1.54, 1.807) is 11.9 Å². The molecule has 1 aromatic heterocycles. The zero-order valence-electron chi connectivity index (χ0n) is 15.5. The van der Waals surface area contributed by atoms with Crippen LogP contribution in [-0.4, -0.2) is 28.5 Å². The zero-order chi connectivity index (χ0) is 19.8. The molecule has 0 N–H and O–H groups in total. The van der Waals surface area contributed by atoms with Gasteiger partial charge >= 0.3 is 0 Å². The zero-order valence-corrected chi connectivity index (χ0v) is 15.5. The predicted octanol–water partition coefficient (Wildman–Crippen LogP) is 3.52. The number of amides is 1. The SMILES string of the molecule is Cn1c(=O)cc(C(=O)N2CCC(Cc3cc(F)cc(F)c3)C2)c2ccccc21. The minimum Gasteiger partial charge on any atom is -0.338 e. The van der Waals surface area contributed by atoms with Crippen molar-refractivity contribution in [3.05, 3.63) is 81.6 Å². The number of carbonyl (C=O) groups is 1. The Morgan fingerprint density at radius 1 is 1.11 bits per heavy atom. The van der Waals surface area contributed by atoms with Crippen LogP contribution in [0, 0.1) is 17.6 Å². The van der Waals surface area contributed by atoms with Crippen LogP contribution >= 0.6 is 0 Å². The lowest BCUT2D eigenvalue weighted by molar-refractivity contribution is 0.0788. The molecule has 0 bridgehead atoms. The van der Waals surface area contributed by atoms with E-state index in [-0.39, 0.29) is 17.4 Å². The van der Waals surface area contributed by atoms with Crippen molar-refractivity contribution in [2.24, 2.45) is 13.0 Å². The van der Waals surface area contributed by atoms with Gasteiger partial charge in [-0.15, -0.1) is 0 Å². The lowest BCUT2D eigenvalue weighted by Gasteiger charge is -2.18. The Morgan fingerprint density at radius 2 is 1.82 bits per heavy atom. The van der Waals surface area contributed by atoms with Crippen LogP contribution in [0.15, 0.2) is 53.3 Å². The molecule has 0 aliphatic carbocycles. The maximum atomic E-state index is 13.4. The highest BCUT2D eigenvalue weighted by molar-refractivity contribution is 6.06. The van der Waals surface area contributed by atoms with Crippen molar-refractivity contribution in [3.8, 4) is 0 Å². The average molecular weight is 382 g/mol. The van der Waals surface area contributed by atoms with E-state index in [1.165, 1.54) is 22.8 Å². The Kier molecular flexibility index (Phi) is 4.71. The normalized spacial score (nSPS) is 16.7. The summed E-state index contributed by atoms with van der Waals surface area (Å²) in [6.07, 6.45) is 1.27. The fourth-order valence-corrected chi connectivity index (χ4v) is 4.00. The van der Waals surface area contributed by atoms with Crippen molar-refractivity contribution < 1.29 is 13.6 Å². The van der Waals surface area contributed by atoms with E-state index in [4.69, 9.17) is 0 Å². The van der Waals surface area contributed by atoms with Crippen LogP contribution in [0.5, 0.6) is 0 Å². The van der Waals surface area contributed by atoms with Crippen LogP contribution < -0.4 is 5.56 Å². The molecule has 4 nitrogen and oxygen atoms in total. The van der Waals surface area contributed by atoms with Gasteiger partial charge in [-0.05, 0) is 42.5 Å². The van der Waals surface area contributed by atoms with Crippen LogP contribution in [0.2, 0.25) is 0 Å². The minimum atomic E-state index is -0.590. The van der Waals surface area contributed by atoms with Crippen molar-refractivity contribution in [2.75, 3.05) is 13.1 Å². The van der Waals surface area contributed by atoms with Gasteiger partial charge in [-0.1, -0.05) is 18.2 Å². The van der Waals surface area contributed by atoms with E-state index in [9.17, 15) is 18.4 Å². The molecule has 1 aliphatic heterocycles. The molecule has 28 heavy (non-hydrogen) atoms. The van der Waals surface area contributed by atoms with Gasteiger partial charge in [0.05, 0.1) is 11.1 Å². The molecule has 1 unspecified atom stereocenters. The standard InChI is InChI=1S/C22H20F2N2O2/c1-25-20-5-3-2-4-18(20)19(12-21(25)27)22(28)26-7-6-14(13-26)8-15-9-16(23)11-17(24)10-15/h2-5,9-12,14H,6-8,13H2,1H3. The summed E-state index contributed by atoms with van der Waals surface area (Å²) in [7, 11) is 1.68. The number of nitrogens with zero attached hydrogens (tertiary/aromatic N) is 2. The quantitative estimate of drug-likeness (QED) is 0.696. The highest BCUT2D eigenvalue weighted by Crippen LogP contribution is 2.25. The van der Waals surface area contributed by atoms with Crippen LogP contribution in [0.4, 0.5) is 8.78 Å². The van der Waals surface area contributed by atoms with E-state index in [1.807, 2.05) is 24.3 Å². The topological polar surface area (TPSA) is 42.3 Å². The number of aryl methyl sites for hydroxylation is 1. The molecular weight excluding hydrogens is 362 g/mol. The summed E-state index contributed by atoms with van der Waals surface area (Å²) in [5.74, 6) is -1.23. The van der Waals surface area contributed by atoms with Crippen molar-refractivity contribution in [1.29, 1.82) is 0 Å². The van der Waals surface area contributed by atoms with E-state index in [0.717, 1.165) is 17.9 Å². The van der Waals surface area contributed by atoms with Gasteiger partial charge in [0.2, 0.25) is 0 Å². The molecule has 4 rings (SSSR count). The summed E-state index contributed by atoms with van der Waals surface area (Å²) in [5.41, 5.74) is 1.48. The predicted molar refractivity (Wildman–Crippen MR) is 103 cm³/mol. The number of carbonyl (C=O) groups excluding carboxylic acids is 1. The molecule has 1 atom stereocenters. The number of para-hydroxylation sites is 1. The highest BCUT2D eigenvalue weighted by Gasteiger charge is 2.28. The number of rotatable bonds is 3. The first kappa shape index (κ1) is 18.3. The van der Waals surface area contributed by atoms with Gasteiger partial charge < -0.3 is 9.47 Å². The summed E-state index contributed by atoms with van der Waals surface area (Å²) in [4.78, 5) is 27.1. The Bertz CT molecular complexity index is 1100. The van der Waals surface area contributed by atoms with E-state index in [2.05, 4.69) is 0 Å². The fraction of sp³-hybridized carbons (Fsp3) is 0.273. The second-order valence-electron chi connectivity index (χ2n) is 7.36. The molecular formula is C22H20F2N2O2. The monoisotopic (exact) mass is 382 g/mol. The number of benzene rings is 2. The average Bonchev–Trinajstić information content (AvgIpc) is 3.12. The largest absolute Gasteiger partial charge is 0.338 e. The van der Waals surface area contributed by atoms with E-state index in [0.29, 0.717) is 36.2 Å². The lowest BCUT2D eigenvalue weighted by Crippen LogP contribution is -2.31. The van der Waals surface area contributed by atoms with Gasteiger partial charge in [-0.25, -0.2) is 8.78 Å². The molecule has 144 valence electrons. The summed E-state index contributed by atoms with van der Waals surface area (Å²) >= 11 is 0. The number of likely N-dealkylation sites (tertiary alicyclic amines) is 1. The summed E-state index contributed by atoms with van der Waals surface area (Å²) in [5, 5.41) is 0.741. The van der Waals surface area contributed by atoms with Gasteiger partial charge in [-0.2, -0.15) is 0 Å². The van der Waals surface area contributed by atoms with Gasteiger partial charge in [0, 0.05) is 37.7 Å². The first-order valence-electron chi connectivity index (χ1n) is 9.25. The van der Waals surface area contributed by atoms with Crippen molar-refractivity contribution in [2.45, 2.75) is 12.8 Å². The van der Waals surface area contributed by atoms with Gasteiger partial charge in [-0.3, -0.25) is 9.59 Å². The Balaban J connectivity index is 1.56. The molecule has 6 heteroatoms. The number of aromatic nitrogens is 1. The van der Waals surface area contributed by atoms with E-state index >= 15 is 0 Å². The Morgan fingerprint density at radius 3 is 2.57 bits per heavy atom.